The lowest BCUT2D eigenvalue weighted by molar-refractivity contribution is 0.282. The Labute approximate surface area is 140 Å². The molecule has 2 heterocycles. The summed E-state index contributed by atoms with van der Waals surface area (Å²) in [4.78, 5) is 4.68. The maximum atomic E-state index is 9.55. The van der Waals surface area contributed by atoms with Crippen LogP contribution in [0.3, 0.4) is 0 Å². The summed E-state index contributed by atoms with van der Waals surface area (Å²) in [6.07, 6.45) is 1.85. The van der Waals surface area contributed by atoms with Crippen LogP contribution in [0, 0.1) is 0 Å². The molecule has 0 amide bonds. The number of aliphatic hydroxyl groups excluding tert-OH is 1. The molecular weight excluding hydrogens is 304 g/mol. The van der Waals surface area contributed by atoms with Crippen molar-refractivity contribution in [2.45, 2.75) is 32.8 Å². The molecule has 0 spiro atoms. The van der Waals surface area contributed by atoms with Crippen molar-refractivity contribution in [3.63, 3.8) is 0 Å². The molecule has 124 valence electrons. The summed E-state index contributed by atoms with van der Waals surface area (Å²) in [5, 5.41) is 27.7. The van der Waals surface area contributed by atoms with Crippen LogP contribution in [0.15, 0.2) is 52.8 Å². The van der Waals surface area contributed by atoms with E-state index in [-0.39, 0.29) is 17.8 Å². The first-order valence-corrected chi connectivity index (χ1v) is 7.72. The molecule has 2 N–H and O–H groups in total. The highest BCUT2D eigenvalue weighted by Gasteiger charge is 2.25. The average molecular weight is 324 g/mol. The van der Waals surface area contributed by atoms with Crippen LogP contribution in [0.1, 0.15) is 32.0 Å². The van der Waals surface area contributed by atoms with E-state index in [1.165, 1.54) is 0 Å². The minimum Gasteiger partial charge on any atom is -0.508 e. The van der Waals surface area contributed by atoms with Gasteiger partial charge in [0.25, 0.3) is 0 Å². The number of phenolic OH excluding ortho intramolecular Hbond substituents is 1. The Morgan fingerprint density at radius 3 is 2.58 bits per heavy atom. The first-order valence-electron chi connectivity index (χ1n) is 7.72. The minimum absolute atomic E-state index is 0.0892. The molecule has 0 aliphatic heterocycles. The maximum Gasteiger partial charge on any atom is 0.183 e. The third kappa shape index (κ3) is 3.00. The van der Waals surface area contributed by atoms with E-state index in [0.29, 0.717) is 17.2 Å². The Bertz CT molecular complexity index is 907. The van der Waals surface area contributed by atoms with Crippen LogP contribution < -0.4 is 0 Å². The van der Waals surface area contributed by atoms with E-state index in [9.17, 15) is 10.2 Å². The zero-order valence-corrected chi connectivity index (χ0v) is 13.9. The molecule has 0 aliphatic carbocycles. The van der Waals surface area contributed by atoms with E-state index < -0.39 is 0 Å². The first-order chi connectivity index (χ1) is 11.4. The number of hydrogen-bond donors (Lipinski definition) is 2. The Morgan fingerprint density at radius 1 is 1.12 bits per heavy atom. The van der Waals surface area contributed by atoms with Crippen LogP contribution in [-0.4, -0.2) is 19.6 Å². The predicted molar refractivity (Wildman–Crippen MR) is 92.1 cm³/mol. The molecule has 0 saturated carbocycles. The van der Waals surface area contributed by atoms with E-state index in [4.69, 9.17) is 0 Å². The van der Waals surface area contributed by atoms with Gasteiger partial charge in [-0.2, -0.15) is 0 Å². The van der Waals surface area contributed by atoms with Crippen LogP contribution in [0.5, 0.6) is 5.75 Å². The number of rotatable bonds is 3. The van der Waals surface area contributed by atoms with E-state index >= 15 is 0 Å². The molecule has 24 heavy (non-hydrogen) atoms. The van der Waals surface area contributed by atoms with Gasteiger partial charge in [-0.3, -0.25) is 4.40 Å². The summed E-state index contributed by atoms with van der Waals surface area (Å²) in [7, 11) is 0. The van der Waals surface area contributed by atoms with Gasteiger partial charge in [-0.1, -0.05) is 32.9 Å². The number of hydrogen-bond acceptors (Lipinski definition) is 5. The van der Waals surface area contributed by atoms with Gasteiger partial charge in [0.15, 0.2) is 5.82 Å². The third-order valence-corrected chi connectivity index (χ3v) is 3.68. The molecule has 6 heteroatoms. The second-order valence-electron chi connectivity index (χ2n) is 6.64. The van der Waals surface area contributed by atoms with Crippen LogP contribution >= 0.6 is 0 Å². The average Bonchev–Trinajstić information content (AvgIpc) is 2.92. The fourth-order valence-corrected chi connectivity index (χ4v) is 2.49. The van der Waals surface area contributed by atoms with Crippen molar-refractivity contribution >= 4 is 17.2 Å². The van der Waals surface area contributed by atoms with Gasteiger partial charge in [0, 0.05) is 23.2 Å². The fraction of sp³-hybridized carbons (Fsp3) is 0.278. The largest absolute Gasteiger partial charge is 0.508 e. The van der Waals surface area contributed by atoms with Crippen molar-refractivity contribution < 1.29 is 10.2 Å². The number of aromatic hydroxyl groups is 1. The molecule has 2 aromatic heterocycles. The molecule has 0 unspecified atom stereocenters. The predicted octanol–water partition coefficient (Wildman–Crippen LogP) is 4.25. The Kier molecular flexibility index (Phi) is 4.07. The number of fused-ring (bicyclic) bond motifs is 1. The summed E-state index contributed by atoms with van der Waals surface area (Å²) < 4.78 is 1.83. The van der Waals surface area contributed by atoms with E-state index in [1.807, 2.05) is 22.7 Å². The van der Waals surface area contributed by atoms with Crippen molar-refractivity contribution in [1.82, 2.24) is 9.38 Å². The molecule has 0 atom stereocenters. The molecular formula is C18H20N4O2. The zero-order valence-electron chi connectivity index (χ0n) is 13.9. The molecule has 3 aromatic rings. The molecule has 0 fully saturated rings. The quantitative estimate of drug-likeness (QED) is 0.707. The van der Waals surface area contributed by atoms with Crippen molar-refractivity contribution in [1.29, 1.82) is 0 Å². The molecule has 0 aliphatic rings. The first kappa shape index (κ1) is 16.1. The van der Waals surface area contributed by atoms with Crippen molar-refractivity contribution in [2.24, 2.45) is 10.2 Å². The van der Waals surface area contributed by atoms with Crippen LogP contribution in [-0.2, 0) is 12.0 Å². The molecule has 1 aromatic carbocycles. The van der Waals surface area contributed by atoms with Crippen LogP contribution in [0.2, 0.25) is 0 Å². The highest BCUT2D eigenvalue weighted by atomic mass is 16.3. The summed E-state index contributed by atoms with van der Waals surface area (Å²) in [5.41, 5.74) is 2.54. The highest BCUT2D eigenvalue weighted by Crippen LogP contribution is 2.34. The van der Waals surface area contributed by atoms with Gasteiger partial charge in [0.05, 0.1) is 18.0 Å². The lowest BCUT2D eigenvalue weighted by atomic mass is 9.92. The Morgan fingerprint density at radius 2 is 1.92 bits per heavy atom. The molecule has 3 rings (SSSR count). The van der Waals surface area contributed by atoms with Gasteiger partial charge < -0.3 is 10.2 Å². The number of azo groups is 1. The van der Waals surface area contributed by atoms with Crippen LogP contribution in [0.4, 0.5) is 11.5 Å². The van der Waals surface area contributed by atoms with Gasteiger partial charge in [-0.15, -0.1) is 10.2 Å². The highest BCUT2D eigenvalue weighted by molar-refractivity contribution is 5.58. The number of pyridine rings is 1. The molecule has 0 radical (unpaired) electrons. The number of imidazole rings is 1. The second-order valence-corrected chi connectivity index (χ2v) is 6.64. The number of phenols is 1. The van der Waals surface area contributed by atoms with Crippen molar-refractivity contribution in [3.05, 3.63) is 53.9 Å². The van der Waals surface area contributed by atoms with Gasteiger partial charge >= 0.3 is 0 Å². The molecule has 0 saturated heterocycles. The Hall–Kier alpha value is -2.73. The van der Waals surface area contributed by atoms with E-state index in [2.05, 4.69) is 36.0 Å². The van der Waals surface area contributed by atoms with Gasteiger partial charge in [0.2, 0.25) is 0 Å². The summed E-state index contributed by atoms with van der Waals surface area (Å²) in [6, 6.07) is 10.3. The van der Waals surface area contributed by atoms with Crippen molar-refractivity contribution in [3.8, 4) is 5.75 Å². The fourth-order valence-electron chi connectivity index (χ4n) is 2.49. The third-order valence-electron chi connectivity index (χ3n) is 3.68. The van der Waals surface area contributed by atoms with Gasteiger partial charge in [-0.05, 0) is 18.2 Å². The van der Waals surface area contributed by atoms with E-state index in [0.717, 1.165) is 11.3 Å². The number of nitrogens with zero attached hydrogens (tertiary/aromatic N) is 4. The summed E-state index contributed by atoms with van der Waals surface area (Å²) in [5.74, 6) is 0.763. The maximum absolute atomic E-state index is 9.55. The standard InChI is InChI=1S/C18H20N4O2/c1-18(2,3)15-17(21-20-13-7-4-8-14(24)10-13)22-9-5-6-12(11-23)16(22)19-15/h4-10,23-24H,11H2,1-3H3. The number of benzene rings is 1. The number of aliphatic hydroxyl groups is 1. The van der Waals surface area contributed by atoms with E-state index in [1.54, 1.807) is 24.3 Å². The minimum atomic E-state index is -0.230. The lowest BCUT2D eigenvalue weighted by Crippen LogP contribution is -2.11. The van der Waals surface area contributed by atoms with Gasteiger partial charge in [0.1, 0.15) is 11.4 Å². The van der Waals surface area contributed by atoms with Gasteiger partial charge in [-0.25, -0.2) is 4.98 Å². The normalized spacial score (nSPS) is 12.3. The molecule has 0 bridgehead atoms. The SMILES string of the molecule is CC(C)(C)c1nc2c(CO)cccn2c1N=Nc1cccc(O)c1. The number of aromatic nitrogens is 2. The second kappa shape index (κ2) is 6.05. The lowest BCUT2D eigenvalue weighted by Gasteiger charge is -2.15. The molecule has 6 nitrogen and oxygen atoms in total. The summed E-state index contributed by atoms with van der Waals surface area (Å²) >= 11 is 0. The Balaban J connectivity index is 2.18. The van der Waals surface area contributed by atoms with Crippen LogP contribution in [0.25, 0.3) is 5.65 Å². The zero-order chi connectivity index (χ0) is 17.3. The topological polar surface area (TPSA) is 82.5 Å². The smallest absolute Gasteiger partial charge is 0.183 e. The summed E-state index contributed by atoms with van der Waals surface area (Å²) in [6.45, 7) is 6.08. The van der Waals surface area contributed by atoms with Crippen molar-refractivity contribution in [2.75, 3.05) is 0 Å². The monoisotopic (exact) mass is 324 g/mol.